The van der Waals surface area contributed by atoms with Crippen LogP contribution in [0.1, 0.15) is 33.6 Å². The number of aliphatic imine (C=N–C) groups is 1. The number of nitrogens with zero attached hydrogens (tertiary/aromatic N) is 1. The fourth-order valence-electron chi connectivity index (χ4n) is 0.970. The summed E-state index contributed by atoms with van der Waals surface area (Å²) in [6, 6.07) is 0. The fourth-order valence-corrected chi connectivity index (χ4v) is 0.970. The zero-order chi connectivity index (χ0) is 8.20. The van der Waals surface area contributed by atoms with Crippen LogP contribution in [0, 0.1) is 37.3 Å². The summed E-state index contributed by atoms with van der Waals surface area (Å²) in [5.41, 5.74) is 0.173. The molecule has 0 radical (unpaired) electrons. The molecule has 0 unspecified atom stereocenters. The molecule has 0 saturated heterocycles. The molecule has 0 aliphatic carbocycles. The van der Waals surface area contributed by atoms with Crippen LogP contribution in [0.5, 0.6) is 0 Å². The molecule has 3 heteroatoms. The third-order valence-corrected chi connectivity index (χ3v) is 2.18. The minimum Gasteiger partial charge on any atom is -0.384 e. The molecule has 72 valence electrons. The molecule has 0 aliphatic heterocycles. The van der Waals surface area contributed by atoms with Crippen molar-refractivity contribution >= 4 is 5.71 Å². The molecule has 1 N–H and O–H groups in total. The number of hydrogen-bond acceptors (Lipinski definition) is 2. The van der Waals surface area contributed by atoms with Crippen LogP contribution >= 0.6 is 0 Å². The average molecular weight is 310 g/mol. The first-order valence-corrected chi connectivity index (χ1v) is 3.77. The summed E-state index contributed by atoms with van der Waals surface area (Å²) in [7, 11) is 1.71. The van der Waals surface area contributed by atoms with Crippen molar-refractivity contribution in [2.24, 2.45) is 4.99 Å². The largest absolute Gasteiger partial charge is 0.384 e. The maximum atomic E-state index is 9.77. The summed E-state index contributed by atoms with van der Waals surface area (Å²) < 4.78 is 0. The Balaban J connectivity index is 0. The zero-order valence-corrected chi connectivity index (χ0v) is 9.45. The van der Waals surface area contributed by atoms with Crippen molar-refractivity contribution in [3.05, 3.63) is 0 Å². The molecule has 2 nitrogen and oxygen atoms in total. The van der Waals surface area contributed by atoms with Crippen molar-refractivity contribution < 1.29 is 42.4 Å². The maximum Gasteiger partial charge on any atom is 0.101 e. The van der Waals surface area contributed by atoms with Crippen LogP contribution in [-0.2, 0) is 0 Å². The van der Waals surface area contributed by atoms with Crippen LogP contribution in [0.4, 0.5) is 0 Å². The van der Waals surface area contributed by atoms with E-state index in [1.807, 2.05) is 20.8 Å². The van der Waals surface area contributed by atoms with Gasteiger partial charge in [-0.05, 0) is 19.8 Å². The molecule has 0 rings (SSSR count). The quantitative estimate of drug-likeness (QED) is 0.790. The second-order valence-corrected chi connectivity index (χ2v) is 2.55. The molecule has 0 heterocycles. The summed E-state index contributed by atoms with van der Waals surface area (Å²) in [6.45, 7) is 5.81. The van der Waals surface area contributed by atoms with Crippen molar-refractivity contribution in [2.45, 2.75) is 39.2 Å². The SMILES string of the molecule is CCC(O)(CC)C(C)=NC.[Er]. The second-order valence-electron chi connectivity index (χ2n) is 2.55. The second kappa shape index (κ2) is 6.40. The fraction of sp³-hybridized carbons (Fsp3) is 0.875. The van der Waals surface area contributed by atoms with E-state index in [1.54, 1.807) is 7.05 Å². The van der Waals surface area contributed by atoms with Gasteiger partial charge >= 0.3 is 0 Å². The smallest absolute Gasteiger partial charge is 0.101 e. The standard InChI is InChI=1S/C8H17NO.Er/c1-5-8(10,6-2)7(3)9-4;/h10H,5-6H2,1-4H3;. The molecular formula is C8H17ErNO. The maximum absolute atomic E-state index is 9.77. The van der Waals surface area contributed by atoms with Crippen LogP contribution in [0.25, 0.3) is 0 Å². The van der Waals surface area contributed by atoms with Crippen molar-refractivity contribution in [1.82, 2.24) is 0 Å². The Morgan fingerprint density at radius 2 is 1.73 bits per heavy atom. The molecule has 0 aromatic rings. The minimum absolute atomic E-state index is 0. The summed E-state index contributed by atoms with van der Waals surface area (Å²) in [5, 5.41) is 9.77. The molecule has 0 saturated carbocycles. The summed E-state index contributed by atoms with van der Waals surface area (Å²) >= 11 is 0. The van der Waals surface area contributed by atoms with Gasteiger partial charge in [0, 0.05) is 50.1 Å². The average Bonchev–Trinajstić information content (AvgIpc) is 2.01. The first-order chi connectivity index (χ1) is 4.60. The van der Waals surface area contributed by atoms with E-state index in [1.165, 1.54) is 0 Å². The van der Waals surface area contributed by atoms with Crippen LogP contribution in [0.3, 0.4) is 0 Å². The van der Waals surface area contributed by atoms with Crippen molar-refractivity contribution in [3.8, 4) is 0 Å². The molecule has 0 spiro atoms. The first-order valence-electron chi connectivity index (χ1n) is 3.77. The van der Waals surface area contributed by atoms with E-state index in [4.69, 9.17) is 0 Å². The molecule has 0 atom stereocenters. The van der Waals surface area contributed by atoms with E-state index in [-0.39, 0.29) is 37.3 Å². The van der Waals surface area contributed by atoms with Gasteiger partial charge in [0.15, 0.2) is 0 Å². The van der Waals surface area contributed by atoms with Gasteiger partial charge in [0.05, 0.1) is 0 Å². The third-order valence-electron chi connectivity index (χ3n) is 2.18. The van der Waals surface area contributed by atoms with Crippen LogP contribution in [0.15, 0.2) is 4.99 Å². The van der Waals surface area contributed by atoms with Gasteiger partial charge in [-0.1, -0.05) is 13.8 Å². The van der Waals surface area contributed by atoms with Crippen molar-refractivity contribution in [2.75, 3.05) is 7.05 Å². The Labute approximate surface area is 98.7 Å². The first kappa shape index (κ1) is 14.4. The van der Waals surface area contributed by atoms with E-state index in [0.29, 0.717) is 0 Å². The molecule has 0 bridgehead atoms. The predicted molar refractivity (Wildman–Crippen MR) is 44.6 cm³/mol. The van der Waals surface area contributed by atoms with Gasteiger partial charge in [0.1, 0.15) is 5.60 Å². The minimum atomic E-state index is -0.658. The molecule has 0 aromatic heterocycles. The van der Waals surface area contributed by atoms with Gasteiger partial charge in [0.25, 0.3) is 0 Å². The van der Waals surface area contributed by atoms with Crippen molar-refractivity contribution in [3.63, 3.8) is 0 Å². The number of hydrogen-bond donors (Lipinski definition) is 1. The Bertz CT molecular complexity index is 130. The van der Waals surface area contributed by atoms with Crippen LogP contribution < -0.4 is 0 Å². The Kier molecular flexibility index (Phi) is 8.38. The van der Waals surface area contributed by atoms with Gasteiger partial charge in [-0.25, -0.2) is 0 Å². The van der Waals surface area contributed by atoms with Gasteiger partial charge in [0.2, 0.25) is 0 Å². The predicted octanol–water partition coefficient (Wildman–Crippen LogP) is 1.63. The molecule has 0 fully saturated rings. The Morgan fingerprint density at radius 3 is 1.82 bits per heavy atom. The van der Waals surface area contributed by atoms with E-state index >= 15 is 0 Å². The molecule has 0 aromatic carbocycles. The Morgan fingerprint density at radius 1 is 1.36 bits per heavy atom. The number of aliphatic hydroxyl groups is 1. The Hall–Kier alpha value is 0.877. The summed E-state index contributed by atoms with van der Waals surface area (Å²) in [5.74, 6) is 0. The van der Waals surface area contributed by atoms with Gasteiger partial charge in [-0.2, -0.15) is 0 Å². The van der Waals surface area contributed by atoms with E-state index in [0.717, 1.165) is 18.6 Å². The molecule has 0 amide bonds. The molecule has 11 heavy (non-hydrogen) atoms. The normalized spacial score (nSPS) is 12.6. The molecule has 0 aliphatic rings. The molecular weight excluding hydrogens is 293 g/mol. The number of rotatable bonds is 3. The van der Waals surface area contributed by atoms with E-state index in [9.17, 15) is 5.11 Å². The summed E-state index contributed by atoms with van der Waals surface area (Å²) in [6.07, 6.45) is 1.49. The van der Waals surface area contributed by atoms with Crippen molar-refractivity contribution in [1.29, 1.82) is 0 Å². The third kappa shape index (κ3) is 3.87. The van der Waals surface area contributed by atoms with E-state index in [2.05, 4.69) is 4.99 Å². The summed E-state index contributed by atoms with van der Waals surface area (Å²) in [4.78, 5) is 3.97. The van der Waals surface area contributed by atoms with Gasteiger partial charge in [-0.3, -0.25) is 4.99 Å². The van der Waals surface area contributed by atoms with Gasteiger partial charge < -0.3 is 5.11 Å². The van der Waals surface area contributed by atoms with E-state index < -0.39 is 5.60 Å². The zero-order valence-electron chi connectivity index (χ0n) is 7.60. The van der Waals surface area contributed by atoms with Crippen LogP contribution in [-0.4, -0.2) is 23.5 Å². The van der Waals surface area contributed by atoms with Crippen LogP contribution in [0.2, 0.25) is 0 Å². The van der Waals surface area contributed by atoms with Gasteiger partial charge in [-0.15, -0.1) is 0 Å². The topological polar surface area (TPSA) is 32.6 Å². The monoisotopic (exact) mass is 309 g/mol.